The molecule has 108 valence electrons. The van der Waals surface area contributed by atoms with Crippen LogP contribution in [-0.4, -0.2) is 29.9 Å². The van der Waals surface area contributed by atoms with E-state index < -0.39 is 6.09 Å². The minimum Gasteiger partial charge on any atom is -0.409 e. The lowest BCUT2D eigenvalue weighted by Gasteiger charge is -2.32. The van der Waals surface area contributed by atoms with Crippen LogP contribution in [0.5, 0.6) is 5.75 Å². The molecule has 1 aromatic carbocycles. The Morgan fingerprint density at radius 2 is 2.33 bits per heavy atom. The molecule has 0 radical (unpaired) electrons. The molecule has 4 rings (SSSR count). The van der Waals surface area contributed by atoms with Gasteiger partial charge in [-0.05, 0) is 18.6 Å². The highest BCUT2D eigenvalue weighted by Crippen LogP contribution is 2.44. The lowest BCUT2D eigenvalue weighted by Crippen LogP contribution is -2.36. The van der Waals surface area contributed by atoms with Gasteiger partial charge in [0.05, 0.1) is 10.7 Å². The quantitative estimate of drug-likeness (QED) is 0.812. The Bertz CT molecular complexity index is 698. The molecule has 1 aromatic rings. The summed E-state index contributed by atoms with van der Waals surface area (Å²) in [5, 5.41) is 2.88. The minimum absolute atomic E-state index is 0.369. The van der Waals surface area contributed by atoms with Crippen molar-refractivity contribution in [1.82, 2.24) is 10.2 Å². The molecule has 2 heterocycles. The number of amidine groups is 1. The number of rotatable bonds is 1. The number of nitrogens with zero attached hydrogens (tertiary/aromatic N) is 2. The van der Waals surface area contributed by atoms with Crippen molar-refractivity contribution in [2.45, 2.75) is 19.0 Å². The predicted molar refractivity (Wildman–Crippen MR) is 80.2 cm³/mol. The standard InChI is InChI=1S/C15H14ClN3O2/c1-17-15(20)21-12-5-4-11-10(13(12)16)7-19-9-3-2-8(6-9)14(19)18-11/h2-5,8-9H,6-7H2,1H3,(H,17,20). The van der Waals surface area contributed by atoms with Crippen LogP contribution in [0.15, 0.2) is 29.3 Å². The second-order valence-electron chi connectivity index (χ2n) is 5.41. The summed E-state index contributed by atoms with van der Waals surface area (Å²) in [6.07, 6.45) is 5.04. The first kappa shape index (κ1) is 12.7. The van der Waals surface area contributed by atoms with Crippen molar-refractivity contribution in [3.63, 3.8) is 0 Å². The Hall–Kier alpha value is -2.01. The second kappa shape index (κ2) is 4.49. The summed E-state index contributed by atoms with van der Waals surface area (Å²) in [4.78, 5) is 18.4. The number of ether oxygens (including phenoxy) is 1. The molecule has 1 fully saturated rings. The Labute approximate surface area is 127 Å². The summed E-state index contributed by atoms with van der Waals surface area (Å²) in [5.41, 5.74) is 1.79. The molecule has 1 N–H and O–H groups in total. The molecule has 1 amide bonds. The van der Waals surface area contributed by atoms with Crippen LogP contribution in [0.1, 0.15) is 12.0 Å². The van der Waals surface area contributed by atoms with E-state index in [-0.39, 0.29) is 0 Å². The summed E-state index contributed by atoms with van der Waals surface area (Å²) in [6, 6.07) is 3.97. The average molecular weight is 304 g/mol. The molecule has 0 spiro atoms. The summed E-state index contributed by atoms with van der Waals surface area (Å²) in [6.45, 7) is 0.712. The summed E-state index contributed by atoms with van der Waals surface area (Å²) in [7, 11) is 1.51. The van der Waals surface area contributed by atoms with Crippen LogP contribution in [0, 0.1) is 5.92 Å². The monoisotopic (exact) mass is 303 g/mol. The van der Waals surface area contributed by atoms with Crippen LogP contribution in [0.3, 0.4) is 0 Å². The zero-order chi connectivity index (χ0) is 14.6. The number of carbonyl (C=O) groups is 1. The first-order valence-corrected chi connectivity index (χ1v) is 7.29. The Morgan fingerprint density at radius 3 is 3.14 bits per heavy atom. The Balaban J connectivity index is 1.73. The molecule has 2 unspecified atom stereocenters. The zero-order valence-corrected chi connectivity index (χ0v) is 12.2. The fourth-order valence-electron chi connectivity index (χ4n) is 3.20. The third kappa shape index (κ3) is 1.84. The number of aliphatic imine (C=N–C) groups is 1. The van der Waals surface area contributed by atoms with Gasteiger partial charge in [0.2, 0.25) is 0 Å². The number of halogens is 1. The van der Waals surface area contributed by atoms with Gasteiger partial charge in [0.1, 0.15) is 5.84 Å². The number of fused-ring (bicyclic) bond motifs is 6. The summed E-state index contributed by atoms with van der Waals surface area (Å²) in [5.74, 6) is 1.93. The Kier molecular flexibility index (Phi) is 2.72. The van der Waals surface area contributed by atoms with E-state index in [1.54, 1.807) is 6.07 Å². The fourth-order valence-corrected chi connectivity index (χ4v) is 3.46. The largest absolute Gasteiger partial charge is 0.412 e. The zero-order valence-electron chi connectivity index (χ0n) is 11.5. The van der Waals surface area contributed by atoms with Gasteiger partial charge in [-0.2, -0.15) is 0 Å². The number of hydrogen-bond acceptors (Lipinski definition) is 4. The van der Waals surface area contributed by atoms with Crippen molar-refractivity contribution in [1.29, 1.82) is 0 Å². The van der Waals surface area contributed by atoms with Crippen LogP contribution in [0.25, 0.3) is 0 Å². The number of carbonyl (C=O) groups excluding carboxylic acids is 1. The molecule has 0 saturated carbocycles. The number of benzene rings is 1. The lowest BCUT2D eigenvalue weighted by molar-refractivity contribution is 0.203. The highest BCUT2D eigenvalue weighted by molar-refractivity contribution is 6.33. The molecule has 1 aliphatic carbocycles. The highest BCUT2D eigenvalue weighted by Gasteiger charge is 2.41. The van der Waals surface area contributed by atoms with Gasteiger partial charge >= 0.3 is 6.09 Å². The van der Waals surface area contributed by atoms with E-state index in [4.69, 9.17) is 21.3 Å². The third-order valence-electron chi connectivity index (χ3n) is 4.24. The molecule has 21 heavy (non-hydrogen) atoms. The maximum Gasteiger partial charge on any atom is 0.412 e. The summed E-state index contributed by atoms with van der Waals surface area (Å²) >= 11 is 6.40. The number of nitrogens with one attached hydrogen (secondary N) is 1. The van der Waals surface area contributed by atoms with Crippen molar-refractivity contribution in [2.24, 2.45) is 10.9 Å². The third-order valence-corrected chi connectivity index (χ3v) is 4.65. The molecular formula is C15H14ClN3O2. The molecule has 2 bridgehead atoms. The molecule has 0 aromatic heterocycles. The van der Waals surface area contributed by atoms with Gasteiger partial charge in [0.15, 0.2) is 5.75 Å². The smallest absolute Gasteiger partial charge is 0.409 e. The molecule has 6 heteroatoms. The topological polar surface area (TPSA) is 53.9 Å². The van der Waals surface area contributed by atoms with Crippen molar-refractivity contribution < 1.29 is 9.53 Å². The van der Waals surface area contributed by atoms with Crippen molar-refractivity contribution in [3.05, 3.63) is 34.9 Å². The molecule has 5 nitrogen and oxygen atoms in total. The van der Waals surface area contributed by atoms with E-state index in [0.29, 0.717) is 29.3 Å². The van der Waals surface area contributed by atoms with E-state index in [2.05, 4.69) is 22.4 Å². The second-order valence-corrected chi connectivity index (χ2v) is 5.79. The highest BCUT2D eigenvalue weighted by atomic mass is 35.5. The summed E-state index contributed by atoms with van der Waals surface area (Å²) < 4.78 is 5.17. The van der Waals surface area contributed by atoms with Gasteiger partial charge in [-0.3, -0.25) is 0 Å². The van der Waals surface area contributed by atoms with Crippen molar-refractivity contribution >= 4 is 29.2 Å². The van der Waals surface area contributed by atoms with E-state index in [1.807, 2.05) is 6.07 Å². The average Bonchev–Trinajstić information content (AvgIpc) is 3.10. The minimum atomic E-state index is -0.528. The molecular weight excluding hydrogens is 290 g/mol. The maximum absolute atomic E-state index is 11.3. The first-order chi connectivity index (χ1) is 10.2. The molecule has 1 saturated heterocycles. The molecule has 2 aliphatic heterocycles. The molecule has 2 atom stereocenters. The van der Waals surface area contributed by atoms with E-state index in [0.717, 1.165) is 23.5 Å². The van der Waals surface area contributed by atoms with Crippen LogP contribution >= 0.6 is 11.6 Å². The predicted octanol–water partition coefficient (Wildman–Crippen LogP) is 2.86. The fraction of sp³-hybridized carbons (Fsp3) is 0.333. The SMILES string of the molecule is CNC(=O)Oc1ccc2c(c1Cl)CN1C(=N2)C2C=CC1C2. The lowest BCUT2D eigenvalue weighted by atomic mass is 10.1. The van der Waals surface area contributed by atoms with Crippen molar-refractivity contribution in [3.8, 4) is 5.75 Å². The maximum atomic E-state index is 11.3. The first-order valence-electron chi connectivity index (χ1n) is 6.92. The molecule has 3 aliphatic rings. The van der Waals surface area contributed by atoms with Gasteiger partial charge in [-0.1, -0.05) is 23.8 Å². The normalized spacial score (nSPS) is 24.5. The van der Waals surface area contributed by atoms with Crippen LogP contribution < -0.4 is 10.1 Å². The van der Waals surface area contributed by atoms with E-state index in [1.165, 1.54) is 7.05 Å². The van der Waals surface area contributed by atoms with E-state index >= 15 is 0 Å². The van der Waals surface area contributed by atoms with Crippen molar-refractivity contribution in [2.75, 3.05) is 7.05 Å². The van der Waals surface area contributed by atoms with Gasteiger partial charge in [-0.15, -0.1) is 0 Å². The van der Waals surface area contributed by atoms with Gasteiger partial charge in [0, 0.05) is 31.1 Å². The van der Waals surface area contributed by atoms with E-state index in [9.17, 15) is 4.79 Å². The van der Waals surface area contributed by atoms with Gasteiger partial charge in [-0.25, -0.2) is 9.79 Å². The van der Waals surface area contributed by atoms with Crippen LogP contribution in [0.4, 0.5) is 10.5 Å². The van der Waals surface area contributed by atoms with Crippen LogP contribution in [-0.2, 0) is 6.54 Å². The number of hydrogen-bond donors (Lipinski definition) is 1. The Morgan fingerprint density at radius 1 is 1.48 bits per heavy atom. The number of amides is 1. The van der Waals surface area contributed by atoms with Gasteiger partial charge < -0.3 is 15.0 Å². The van der Waals surface area contributed by atoms with Gasteiger partial charge in [0.25, 0.3) is 0 Å². The van der Waals surface area contributed by atoms with Crippen LogP contribution in [0.2, 0.25) is 5.02 Å².